The third kappa shape index (κ3) is 2.82. The molecular weight excluding hydrogens is 334 g/mol. The van der Waals surface area contributed by atoms with Gasteiger partial charge in [0, 0.05) is 26.1 Å². The molecule has 20 heavy (non-hydrogen) atoms. The van der Waals surface area contributed by atoms with E-state index in [0.29, 0.717) is 0 Å². The molecule has 1 nitrogen and oxygen atoms in total. The first-order valence-electron chi connectivity index (χ1n) is 6.34. The highest BCUT2D eigenvalue weighted by Gasteiger charge is 2.02. The summed E-state index contributed by atoms with van der Waals surface area (Å²) in [6.07, 6.45) is 4.15. The van der Waals surface area contributed by atoms with E-state index in [9.17, 15) is 0 Å². The molecular formula is C17H13BrClN. The largest absolute Gasteiger partial charge is 0.355 e. The van der Waals surface area contributed by atoms with Crippen LogP contribution in [0.1, 0.15) is 16.8 Å². The molecule has 0 aliphatic rings. The average Bonchev–Trinajstić information content (AvgIpc) is 2.81. The number of rotatable bonds is 2. The van der Waals surface area contributed by atoms with Crippen LogP contribution < -0.4 is 0 Å². The highest BCUT2D eigenvalue weighted by molar-refractivity contribution is 9.10. The molecule has 0 spiro atoms. The fourth-order valence-corrected chi connectivity index (χ4v) is 2.94. The number of nitrogens with one attached hydrogen (secondary N) is 1. The van der Waals surface area contributed by atoms with Gasteiger partial charge >= 0.3 is 0 Å². The van der Waals surface area contributed by atoms with Gasteiger partial charge < -0.3 is 4.98 Å². The predicted molar refractivity (Wildman–Crippen MR) is 91.1 cm³/mol. The molecule has 2 aromatic carbocycles. The van der Waals surface area contributed by atoms with E-state index in [-0.39, 0.29) is 0 Å². The fourth-order valence-electron chi connectivity index (χ4n) is 2.25. The number of aromatic amines is 1. The quantitative estimate of drug-likeness (QED) is 0.580. The molecule has 0 unspecified atom stereocenters. The van der Waals surface area contributed by atoms with Crippen LogP contribution >= 0.6 is 27.5 Å². The number of aromatic nitrogens is 1. The van der Waals surface area contributed by atoms with E-state index in [1.807, 2.05) is 24.3 Å². The monoisotopic (exact) mass is 345 g/mol. The number of halogens is 2. The van der Waals surface area contributed by atoms with Crippen LogP contribution in [-0.4, -0.2) is 4.98 Å². The van der Waals surface area contributed by atoms with Crippen molar-refractivity contribution in [3.8, 4) is 0 Å². The Labute approximate surface area is 131 Å². The Morgan fingerprint density at radius 2 is 1.80 bits per heavy atom. The van der Waals surface area contributed by atoms with Crippen LogP contribution in [0.4, 0.5) is 0 Å². The summed E-state index contributed by atoms with van der Waals surface area (Å²) in [5.41, 5.74) is 4.63. The smallest absolute Gasteiger partial charge is 0.0472 e. The number of aryl methyl sites for hydroxylation is 1. The van der Waals surface area contributed by atoms with Gasteiger partial charge in [-0.15, -0.1) is 0 Å². The number of benzene rings is 2. The van der Waals surface area contributed by atoms with Crippen LogP contribution in [0.3, 0.4) is 0 Å². The van der Waals surface area contributed by atoms with Crippen molar-refractivity contribution >= 4 is 50.6 Å². The molecule has 3 heteroatoms. The molecule has 0 aliphatic heterocycles. The molecule has 0 saturated carbocycles. The Balaban J connectivity index is 1.95. The molecule has 100 valence electrons. The maximum Gasteiger partial charge on any atom is 0.0472 e. The second-order valence-corrected chi connectivity index (χ2v) is 6.15. The molecule has 0 amide bonds. The SMILES string of the molecule is Cc1cc(Br)cc2[nH]c(/C=C/c3ccc(Cl)cc3)cc12. The van der Waals surface area contributed by atoms with Gasteiger partial charge in [0.15, 0.2) is 0 Å². The van der Waals surface area contributed by atoms with Gasteiger partial charge in [-0.2, -0.15) is 0 Å². The van der Waals surface area contributed by atoms with Gasteiger partial charge in [0.25, 0.3) is 0 Å². The Hall–Kier alpha value is -1.51. The first-order valence-corrected chi connectivity index (χ1v) is 7.51. The summed E-state index contributed by atoms with van der Waals surface area (Å²) < 4.78 is 1.09. The van der Waals surface area contributed by atoms with E-state index < -0.39 is 0 Å². The van der Waals surface area contributed by atoms with Gasteiger partial charge in [0.1, 0.15) is 0 Å². The first kappa shape index (κ1) is 13.5. The van der Waals surface area contributed by atoms with Crippen LogP contribution in [0, 0.1) is 6.92 Å². The maximum absolute atomic E-state index is 5.88. The van der Waals surface area contributed by atoms with Gasteiger partial charge in [-0.1, -0.05) is 45.7 Å². The zero-order valence-electron chi connectivity index (χ0n) is 11.0. The summed E-state index contributed by atoms with van der Waals surface area (Å²) in [4.78, 5) is 3.42. The molecule has 0 aliphatic carbocycles. The Kier molecular flexibility index (Phi) is 3.68. The van der Waals surface area contributed by atoms with Crippen molar-refractivity contribution < 1.29 is 0 Å². The van der Waals surface area contributed by atoms with E-state index in [2.05, 4.69) is 58.2 Å². The van der Waals surface area contributed by atoms with Crippen LogP contribution in [-0.2, 0) is 0 Å². The summed E-state index contributed by atoms with van der Waals surface area (Å²) in [5.74, 6) is 0. The zero-order chi connectivity index (χ0) is 14.1. The van der Waals surface area contributed by atoms with Crippen LogP contribution in [0.15, 0.2) is 46.9 Å². The Morgan fingerprint density at radius 1 is 1.05 bits per heavy atom. The molecule has 0 atom stereocenters. The van der Waals surface area contributed by atoms with Crippen molar-refractivity contribution in [1.82, 2.24) is 4.98 Å². The van der Waals surface area contributed by atoms with E-state index >= 15 is 0 Å². The number of hydrogen-bond donors (Lipinski definition) is 1. The minimum Gasteiger partial charge on any atom is -0.355 e. The lowest BCUT2D eigenvalue weighted by molar-refractivity contribution is 1.42. The van der Waals surface area contributed by atoms with E-state index in [1.54, 1.807) is 0 Å². The van der Waals surface area contributed by atoms with Gasteiger partial charge in [-0.25, -0.2) is 0 Å². The molecule has 1 aromatic heterocycles. The molecule has 1 heterocycles. The summed E-state index contributed by atoms with van der Waals surface area (Å²) in [6.45, 7) is 2.12. The molecule has 3 rings (SSSR count). The highest BCUT2D eigenvalue weighted by Crippen LogP contribution is 2.25. The third-order valence-electron chi connectivity index (χ3n) is 3.26. The minimum atomic E-state index is 0.758. The lowest BCUT2D eigenvalue weighted by Gasteiger charge is -1.96. The van der Waals surface area contributed by atoms with Crippen molar-refractivity contribution in [2.24, 2.45) is 0 Å². The second-order valence-electron chi connectivity index (χ2n) is 4.79. The Morgan fingerprint density at radius 3 is 2.55 bits per heavy atom. The van der Waals surface area contributed by atoms with Crippen molar-refractivity contribution in [3.63, 3.8) is 0 Å². The van der Waals surface area contributed by atoms with Gasteiger partial charge in [-0.05, 0) is 54.5 Å². The predicted octanol–water partition coefficient (Wildman–Crippen LogP) is 6.06. The summed E-state index contributed by atoms with van der Waals surface area (Å²) >= 11 is 9.40. The molecule has 0 bridgehead atoms. The van der Waals surface area contributed by atoms with Crippen LogP contribution in [0.2, 0.25) is 5.02 Å². The van der Waals surface area contributed by atoms with Gasteiger partial charge in [-0.3, -0.25) is 0 Å². The third-order valence-corrected chi connectivity index (χ3v) is 3.97. The van der Waals surface area contributed by atoms with Gasteiger partial charge in [0.2, 0.25) is 0 Å². The lowest BCUT2D eigenvalue weighted by atomic mass is 10.1. The highest BCUT2D eigenvalue weighted by atomic mass is 79.9. The lowest BCUT2D eigenvalue weighted by Crippen LogP contribution is -1.75. The number of H-pyrrole nitrogens is 1. The van der Waals surface area contributed by atoms with E-state index in [1.165, 1.54) is 10.9 Å². The van der Waals surface area contributed by atoms with Crippen molar-refractivity contribution in [1.29, 1.82) is 0 Å². The topological polar surface area (TPSA) is 15.8 Å². The normalized spacial score (nSPS) is 11.6. The first-order chi connectivity index (χ1) is 9.61. The van der Waals surface area contributed by atoms with E-state index in [4.69, 9.17) is 11.6 Å². The second kappa shape index (κ2) is 5.47. The summed E-state index contributed by atoms with van der Waals surface area (Å²) in [5, 5.41) is 2.01. The van der Waals surface area contributed by atoms with Crippen molar-refractivity contribution in [2.75, 3.05) is 0 Å². The Bertz CT molecular complexity index is 785. The number of fused-ring (bicyclic) bond motifs is 1. The van der Waals surface area contributed by atoms with Gasteiger partial charge in [0.05, 0.1) is 0 Å². The number of hydrogen-bond acceptors (Lipinski definition) is 0. The van der Waals surface area contributed by atoms with E-state index in [0.717, 1.165) is 26.3 Å². The maximum atomic E-state index is 5.88. The fraction of sp³-hybridized carbons (Fsp3) is 0.0588. The standard InChI is InChI=1S/C17H13BrClN/c1-11-8-13(18)9-17-16(11)10-15(20-17)7-4-12-2-5-14(19)6-3-12/h2-10,20H,1H3/b7-4+. The molecule has 3 aromatic rings. The van der Waals surface area contributed by atoms with Crippen LogP contribution in [0.25, 0.3) is 23.1 Å². The average molecular weight is 347 g/mol. The van der Waals surface area contributed by atoms with Crippen LogP contribution in [0.5, 0.6) is 0 Å². The zero-order valence-corrected chi connectivity index (χ0v) is 13.3. The molecule has 1 N–H and O–H groups in total. The minimum absolute atomic E-state index is 0.758. The van der Waals surface area contributed by atoms with Crippen molar-refractivity contribution in [2.45, 2.75) is 6.92 Å². The molecule has 0 saturated heterocycles. The van der Waals surface area contributed by atoms with Crippen molar-refractivity contribution in [3.05, 3.63) is 68.8 Å². The summed E-state index contributed by atoms with van der Waals surface area (Å²) in [6, 6.07) is 14.2. The summed E-state index contributed by atoms with van der Waals surface area (Å²) in [7, 11) is 0. The molecule has 0 fully saturated rings. The molecule has 0 radical (unpaired) electrons.